The van der Waals surface area contributed by atoms with Gasteiger partial charge in [0.25, 0.3) is 5.69 Å². The smallest absolute Gasteiger partial charge is 0.271 e. The normalized spacial score (nSPS) is 11.7. The fourth-order valence-electron chi connectivity index (χ4n) is 2.63. The highest BCUT2D eigenvalue weighted by atomic mass is 32.2. The van der Waals surface area contributed by atoms with Gasteiger partial charge >= 0.3 is 0 Å². The highest BCUT2D eigenvalue weighted by Gasteiger charge is 2.20. The first-order chi connectivity index (χ1) is 14.8. The van der Waals surface area contributed by atoms with E-state index in [0.29, 0.717) is 11.0 Å². The molecule has 2 aromatic carbocycles. The van der Waals surface area contributed by atoms with E-state index in [1.54, 1.807) is 30.7 Å². The van der Waals surface area contributed by atoms with Crippen LogP contribution in [0.1, 0.15) is 18.9 Å². The Kier molecular flexibility index (Phi) is 6.80. The molecule has 1 aromatic heterocycles. The number of carbonyl (C=O) groups excluding carboxylic acids is 1. The molecule has 0 fully saturated rings. The predicted molar refractivity (Wildman–Crippen MR) is 109 cm³/mol. The molecule has 0 saturated carbocycles. The van der Waals surface area contributed by atoms with Crippen LogP contribution in [0.3, 0.4) is 0 Å². The molecule has 31 heavy (non-hydrogen) atoms. The molecule has 3 aromatic rings. The summed E-state index contributed by atoms with van der Waals surface area (Å²) in [5, 5.41) is 21.5. The molecule has 1 atom stereocenters. The number of non-ortho nitro benzene ring substituents is 1. The van der Waals surface area contributed by atoms with E-state index >= 15 is 0 Å². The molecule has 12 heteroatoms. The van der Waals surface area contributed by atoms with E-state index in [9.17, 15) is 23.7 Å². The summed E-state index contributed by atoms with van der Waals surface area (Å²) in [5.74, 6) is -1.53. The van der Waals surface area contributed by atoms with Crippen LogP contribution in [0.4, 0.5) is 20.2 Å². The second-order valence-electron chi connectivity index (χ2n) is 6.35. The average molecular weight is 449 g/mol. The maximum atomic E-state index is 13.8. The molecule has 0 aliphatic rings. The van der Waals surface area contributed by atoms with Gasteiger partial charge in [0.1, 0.15) is 5.82 Å². The van der Waals surface area contributed by atoms with Gasteiger partial charge in [-0.1, -0.05) is 23.9 Å². The van der Waals surface area contributed by atoms with Gasteiger partial charge in [-0.25, -0.2) is 8.78 Å². The van der Waals surface area contributed by atoms with Crippen LogP contribution in [0.25, 0.3) is 0 Å². The van der Waals surface area contributed by atoms with E-state index in [1.165, 1.54) is 12.1 Å². The first-order valence-corrected chi connectivity index (χ1v) is 9.92. The molecule has 9 nitrogen and oxygen atoms in total. The van der Waals surface area contributed by atoms with Crippen molar-refractivity contribution in [1.82, 2.24) is 14.8 Å². The van der Waals surface area contributed by atoms with Gasteiger partial charge in [0, 0.05) is 19.2 Å². The maximum absolute atomic E-state index is 13.8. The second-order valence-corrected chi connectivity index (χ2v) is 7.29. The van der Waals surface area contributed by atoms with E-state index in [4.69, 9.17) is 4.74 Å². The van der Waals surface area contributed by atoms with Crippen molar-refractivity contribution in [3.8, 4) is 5.75 Å². The van der Waals surface area contributed by atoms with Gasteiger partial charge in [0.05, 0.1) is 16.4 Å². The Balaban J connectivity index is 1.62. The van der Waals surface area contributed by atoms with E-state index in [-0.39, 0.29) is 22.9 Å². The van der Waals surface area contributed by atoms with Crippen molar-refractivity contribution >= 4 is 29.0 Å². The first-order valence-electron chi connectivity index (χ1n) is 8.93. The summed E-state index contributed by atoms with van der Waals surface area (Å²) in [6.07, 6.45) is -0.614. The Morgan fingerprint density at radius 2 is 2.00 bits per heavy atom. The summed E-state index contributed by atoms with van der Waals surface area (Å²) in [4.78, 5) is 22.3. The monoisotopic (exact) mass is 449 g/mol. The number of aromatic nitrogens is 3. The predicted octanol–water partition coefficient (Wildman–Crippen LogP) is 3.87. The van der Waals surface area contributed by atoms with Crippen LogP contribution in [-0.4, -0.2) is 31.3 Å². The van der Waals surface area contributed by atoms with Gasteiger partial charge in [-0.2, -0.15) is 0 Å². The van der Waals surface area contributed by atoms with Crippen LogP contribution >= 0.6 is 11.8 Å². The number of para-hydroxylation sites is 1. The lowest BCUT2D eigenvalue weighted by Crippen LogP contribution is -2.16. The fourth-order valence-corrected chi connectivity index (χ4v) is 3.35. The van der Waals surface area contributed by atoms with Gasteiger partial charge < -0.3 is 14.6 Å². The minimum Gasteiger partial charge on any atom is -0.480 e. The number of ether oxygens (including phenoxy) is 1. The van der Waals surface area contributed by atoms with Gasteiger partial charge in [-0.15, -0.1) is 10.2 Å². The zero-order chi connectivity index (χ0) is 22.5. The van der Waals surface area contributed by atoms with Crippen LogP contribution in [0.5, 0.6) is 5.75 Å². The molecular formula is C19H17F2N5O4S. The second kappa shape index (κ2) is 9.51. The Bertz CT molecular complexity index is 1120. The number of nitro benzene ring substituents is 1. The number of nitrogens with one attached hydrogen (secondary N) is 1. The number of rotatable bonds is 8. The van der Waals surface area contributed by atoms with E-state index < -0.39 is 28.6 Å². The molecule has 1 N–H and O–H groups in total. The Hall–Kier alpha value is -3.54. The van der Waals surface area contributed by atoms with Crippen LogP contribution in [0.15, 0.2) is 47.6 Å². The molecule has 0 aliphatic carbocycles. The minimum atomic E-state index is -0.788. The van der Waals surface area contributed by atoms with E-state index in [1.807, 2.05) is 0 Å². The quantitative estimate of drug-likeness (QED) is 0.316. The third-order valence-electron chi connectivity index (χ3n) is 4.14. The Labute approximate surface area is 179 Å². The molecule has 162 valence electrons. The summed E-state index contributed by atoms with van der Waals surface area (Å²) in [6.45, 7) is 1.68. The number of anilines is 1. The maximum Gasteiger partial charge on any atom is 0.271 e. The lowest BCUT2D eigenvalue weighted by molar-refractivity contribution is -0.384. The third-order valence-corrected chi connectivity index (χ3v) is 5.16. The van der Waals surface area contributed by atoms with Crippen molar-refractivity contribution < 1.29 is 23.2 Å². The summed E-state index contributed by atoms with van der Waals surface area (Å²) in [7, 11) is 1.66. The Morgan fingerprint density at radius 3 is 2.71 bits per heavy atom. The topological polar surface area (TPSA) is 112 Å². The molecule has 1 heterocycles. The number of nitro groups is 1. The van der Waals surface area contributed by atoms with Crippen molar-refractivity contribution in [1.29, 1.82) is 0 Å². The fraction of sp³-hybridized carbons (Fsp3) is 0.211. The lowest BCUT2D eigenvalue weighted by Gasteiger charge is -2.14. The van der Waals surface area contributed by atoms with Crippen LogP contribution in [0, 0.1) is 21.7 Å². The molecule has 0 aliphatic heterocycles. The van der Waals surface area contributed by atoms with Crippen LogP contribution in [0.2, 0.25) is 0 Å². The first kappa shape index (κ1) is 22.2. The summed E-state index contributed by atoms with van der Waals surface area (Å²) >= 11 is 1.03. The number of thioether (sulfide) groups is 1. The average Bonchev–Trinajstić information content (AvgIpc) is 3.10. The third kappa shape index (κ3) is 5.34. The van der Waals surface area contributed by atoms with Crippen LogP contribution in [-0.2, 0) is 11.8 Å². The van der Waals surface area contributed by atoms with Crippen molar-refractivity contribution in [2.75, 3.05) is 11.1 Å². The number of benzene rings is 2. The lowest BCUT2D eigenvalue weighted by atomic mass is 10.2. The van der Waals surface area contributed by atoms with E-state index in [2.05, 4.69) is 15.5 Å². The standard InChI is InChI=1S/C19H17F2N5O4S/c1-11(30-16-6-4-3-5-14(16)21)18-23-24-19(25(18)2)31-10-17(27)22-15-9-12(26(28)29)7-8-13(15)20/h3-9,11H,10H2,1-2H3,(H,22,27). The number of hydrogen-bond donors (Lipinski definition) is 1. The molecule has 0 radical (unpaired) electrons. The molecule has 3 rings (SSSR count). The number of nitrogens with zero attached hydrogens (tertiary/aromatic N) is 4. The highest BCUT2D eigenvalue weighted by Crippen LogP contribution is 2.26. The number of hydrogen-bond acceptors (Lipinski definition) is 7. The van der Waals surface area contributed by atoms with Crippen molar-refractivity contribution in [3.05, 3.63) is 70.0 Å². The number of amides is 1. The van der Waals surface area contributed by atoms with Gasteiger partial charge in [0.2, 0.25) is 5.91 Å². The molecule has 0 bridgehead atoms. The summed E-state index contributed by atoms with van der Waals surface area (Å²) in [5.41, 5.74) is -0.628. The van der Waals surface area contributed by atoms with Crippen molar-refractivity contribution in [3.63, 3.8) is 0 Å². The summed E-state index contributed by atoms with van der Waals surface area (Å²) in [6, 6.07) is 8.83. The number of carbonyl (C=O) groups is 1. The minimum absolute atomic E-state index is 0.0746. The molecule has 1 amide bonds. The highest BCUT2D eigenvalue weighted by molar-refractivity contribution is 7.99. The SMILES string of the molecule is CC(Oc1ccccc1F)c1nnc(SCC(=O)Nc2cc([N+](=O)[O-])ccc2F)n1C. The molecule has 0 spiro atoms. The molecular weight excluding hydrogens is 432 g/mol. The summed E-state index contributed by atoms with van der Waals surface area (Å²) < 4.78 is 34.8. The zero-order valence-electron chi connectivity index (χ0n) is 16.4. The van der Waals surface area contributed by atoms with Gasteiger partial charge in [-0.3, -0.25) is 14.9 Å². The zero-order valence-corrected chi connectivity index (χ0v) is 17.2. The van der Waals surface area contributed by atoms with Crippen molar-refractivity contribution in [2.45, 2.75) is 18.2 Å². The van der Waals surface area contributed by atoms with Crippen LogP contribution < -0.4 is 10.1 Å². The van der Waals surface area contributed by atoms with E-state index in [0.717, 1.165) is 30.0 Å². The number of halogens is 2. The largest absolute Gasteiger partial charge is 0.480 e. The Morgan fingerprint density at radius 1 is 1.26 bits per heavy atom. The van der Waals surface area contributed by atoms with Crippen molar-refractivity contribution in [2.24, 2.45) is 7.05 Å². The van der Waals surface area contributed by atoms with Gasteiger partial charge in [-0.05, 0) is 25.1 Å². The molecule has 0 saturated heterocycles. The molecule has 1 unspecified atom stereocenters. The van der Waals surface area contributed by atoms with Gasteiger partial charge in [0.15, 0.2) is 28.7 Å².